The molecule has 3 aromatic heterocycles. The van der Waals surface area contributed by atoms with Gasteiger partial charge in [-0.25, -0.2) is 14.2 Å². The van der Waals surface area contributed by atoms with Crippen molar-refractivity contribution in [1.29, 1.82) is 0 Å². The van der Waals surface area contributed by atoms with E-state index in [1.54, 1.807) is 58.3 Å². The molecule has 0 aliphatic rings. The monoisotopic (exact) mass is 477 g/mol. The number of carbonyl (C=O) groups is 1. The summed E-state index contributed by atoms with van der Waals surface area (Å²) in [6.45, 7) is 0.212. The number of halogens is 3. The molecule has 0 saturated heterocycles. The van der Waals surface area contributed by atoms with Crippen molar-refractivity contribution in [3.8, 4) is 16.9 Å². The summed E-state index contributed by atoms with van der Waals surface area (Å²) in [5, 5.41) is 11.4. The van der Waals surface area contributed by atoms with Crippen LogP contribution in [0.4, 0.5) is 18.9 Å². The van der Waals surface area contributed by atoms with Crippen molar-refractivity contribution in [2.45, 2.75) is 12.7 Å². The summed E-state index contributed by atoms with van der Waals surface area (Å²) in [4.78, 5) is 17.0. The largest absolute Gasteiger partial charge is 0.416 e. The van der Waals surface area contributed by atoms with Crippen LogP contribution in [0, 0.1) is 0 Å². The van der Waals surface area contributed by atoms with Crippen LogP contribution in [0.1, 0.15) is 21.5 Å². The second-order valence-electron chi connectivity index (χ2n) is 7.69. The topological polar surface area (TPSA) is 103 Å². The van der Waals surface area contributed by atoms with Gasteiger partial charge in [0, 0.05) is 35.8 Å². The number of nitrogens with two attached hydrogens (primary N) is 1. The number of amides is 1. The fourth-order valence-corrected chi connectivity index (χ4v) is 3.68. The number of nitrogens with zero attached hydrogens (tertiary/aromatic N) is 5. The fourth-order valence-electron chi connectivity index (χ4n) is 3.68. The maximum Gasteiger partial charge on any atom is 0.416 e. The summed E-state index contributed by atoms with van der Waals surface area (Å²) in [5.41, 5.74) is 8.86. The molecule has 2 aromatic carbocycles. The highest BCUT2D eigenvalue weighted by Gasteiger charge is 2.30. The Morgan fingerprint density at radius 2 is 1.89 bits per heavy atom. The standard InChI is InChI=1S/C24H18F3N7O/c25-24(26,27)18-4-1-3-15(9-18)23(35)32-19-7-6-16(11-28)20(10-19)33-14-17(12-31-33)21-13-29-22-5-2-8-30-34(21)22/h1-10,12-14H,11,28H2,(H,32,35). The maximum atomic E-state index is 13.0. The molecule has 1 amide bonds. The van der Waals surface area contributed by atoms with Crippen molar-refractivity contribution in [3.05, 3.63) is 96.1 Å². The normalized spacial score (nSPS) is 11.7. The molecule has 35 heavy (non-hydrogen) atoms. The molecule has 0 aliphatic carbocycles. The van der Waals surface area contributed by atoms with E-state index < -0.39 is 17.6 Å². The van der Waals surface area contributed by atoms with Crippen molar-refractivity contribution >= 4 is 17.2 Å². The smallest absolute Gasteiger partial charge is 0.326 e. The number of hydrogen-bond donors (Lipinski definition) is 2. The van der Waals surface area contributed by atoms with Gasteiger partial charge in [0.25, 0.3) is 5.91 Å². The summed E-state index contributed by atoms with van der Waals surface area (Å²) in [7, 11) is 0. The summed E-state index contributed by atoms with van der Waals surface area (Å²) in [6, 6.07) is 12.9. The first kappa shape index (κ1) is 22.3. The van der Waals surface area contributed by atoms with Gasteiger partial charge in [-0.1, -0.05) is 12.1 Å². The Bertz CT molecular complexity index is 1540. The Morgan fingerprint density at radius 3 is 2.69 bits per heavy atom. The van der Waals surface area contributed by atoms with E-state index in [2.05, 4.69) is 20.5 Å². The van der Waals surface area contributed by atoms with E-state index in [1.165, 1.54) is 12.1 Å². The summed E-state index contributed by atoms with van der Waals surface area (Å²) < 4.78 is 42.3. The van der Waals surface area contributed by atoms with Crippen LogP contribution in [0.25, 0.3) is 22.6 Å². The second kappa shape index (κ2) is 8.69. The lowest BCUT2D eigenvalue weighted by molar-refractivity contribution is -0.137. The second-order valence-corrected chi connectivity index (χ2v) is 7.69. The average Bonchev–Trinajstić information content (AvgIpc) is 3.51. The van der Waals surface area contributed by atoms with E-state index >= 15 is 0 Å². The molecule has 0 fully saturated rings. The van der Waals surface area contributed by atoms with E-state index in [4.69, 9.17) is 5.73 Å². The SMILES string of the molecule is NCc1ccc(NC(=O)c2cccc(C(F)(F)F)c2)cc1-n1cc(-c2cnc3cccnn23)cn1. The number of nitrogens with one attached hydrogen (secondary N) is 1. The number of imidazole rings is 1. The molecule has 0 aliphatic heterocycles. The van der Waals surface area contributed by atoms with Crippen molar-refractivity contribution in [2.24, 2.45) is 5.73 Å². The van der Waals surface area contributed by atoms with Gasteiger partial charge in [-0.05, 0) is 48.0 Å². The maximum absolute atomic E-state index is 13.0. The van der Waals surface area contributed by atoms with Crippen LogP contribution >= 0.6 is 0 Å². The van der Waals surface area contributed by atoms with Crippen LogP contribution < -0.4 is 11.1 Å². The number of carbonyl (C=O) groups excluding carboxylic acids is 1. The Labute approximate surface area is 196 Å². The number of hydrogen-bond acceptors (Lipinski definition) is 5. The summed E-state index contributed by atoms with van der Waals surface area (Å²) in [6.07, 6.45) is 2.25. The minimum atomic E-state index is -4.54. The van der Waals surface area contributed by atoms with Gasteiger partial charge in [0.15, 0.2) is 5.65 Å². The fraction of sp³-hybridized carbons (Fsp3) is 0.0833. The minimum absolute atomic E-state index is 0.106. The van der Waals surface area contributed by atoms with Crippen LogP contribution in [0.15, 0.2) is 79.4 Å². The lowest BCUT2D eigenvalue weighted by Crippen LogP contribution is -2.14. The zero-order chi connectivity index (χ0) is 24.6. The van der Waals surface area contributed by atoms with E-state index in [-0.39, 0.29) is 12.1 Å². The summed E-state index contributed by atoms with van der Waals surface area (Å²) >= 11 is 0. The number of anilines is 1. The minimum Gasteiger partial charge on any atom is -0.326 e. The molecule has 5 rings (SSSR count). The molecule has 8 nitrogen and oxygen atoms in total. The van der Waals surface area contributed by atoms with Gasteiger partial charge in [0.1, 0.15) is 0 Å². The van der Waals surface area contributed by atoms with E-state index in [0.29, 0.717) is 17.0 Å². The molecule has 0 saturated carbocycles. The third-order valence-corrected chi connectivity index (χ3v) is 5.42. The van der Waals surface area contributed by atoms with Gasteiger partial charge < -0.3 is 11.1 Å². The lowest BCUT2D eigenvalue weighted by atomic mass is 10.1. The Morgan fingerprint density at radius 1 is 1.03 bits per heavy atom. The Hall–Kier alpha value is -4.51. The molecule has 0 radical (unpaired) electrons. The van der Waals surface area contributed by atoms with E-state index in [9.17, 15) is 18.0 Å². The molecule has 5 aromatic rings. The predicted molar refractivity (Wildman–Crippen MR) is 123 cm³/mol. The van der Waals surface area contributed by atoms with Crippen molar-refractivity contribution in [1.82, 2.24) is 24.4 Å². The van der Waals surface area contributed by atoms with Gasteiger partial charge in [-0.2, -0.15) is 23.4 Å². The van der Waals surface area contributed by atoms with Gasteiger partial charge in [0.05, 0.1) is 29.3 Å². The molecule has 0 unspecified atom stereocenters. The van der Waals surface area contributed by atoms with Crippen LogP contribution in [0.5, 0.6) is 0 Å². The first-order valence-corrected chi connectivity index (χ1v) is 10.5. The van der Waals surface area contributed by atoms with Crippen LogP contribution in [0.3, 0.4) is 0 Å². The molecule has 3 heterocycles. The molecule has 0 atom stereocenters. The summed E-state index contributed by atoms with van der Waals surface area (Å²) in [5.74, 6) is -0.666. The highest BCUT2D eigenvalue weighted by molar-refractivity contribution is 6.04. The Balaban J connectivity index is 1.45. The first-order valence-electron chi connectivity index (χ1n) is 10.5. The third-order valence-electron chi connectivity index (χ3n) is 5.42. The van der Waals surface area contributed by atoms with Crippen LogP contribution in [0.2, 0.25) is 0 Å². The van der Waals surface area contributed by atoms with Crippen LogP contribution in [-0.4, -0.2) is 30.3 Å². The van der Waals surface area contributed by atoms with Gasteiger partial charge in [-0.15, -0.1) is 0 Å². The molecular weight excluding hydrogens is 459 g/mol. The molecular formula is C24H18F3N7O. The average molecular weight is 477 g/mol. The zero-order valence-corrected chi connectivity index (χ0v) is 18.1. The molecule has 11 heteroatoms. The predicted octanol–water partition coefficient (Wildman–Crippen LogP) is 4.31. The van der Waals surface area contributed by atoms with Crippen LogP contribution in [-0.2, 0) is 12.7 Å². The van der Waals surface area contributed by atoms with Crippen molar-refractivity contribution < 1.29 is 18.0 Å². The number of rotatable bonds is 5. The number of aromatic nitrogens is 5. The molecule has 3 N–H and O–H groups in total. The molecule has 0 spiro atoms. The van der Waals surface area contributed by atoms with Crippen molar-refractivity contribution in [3.63, 3.8) is 0 Å². The number of fused-ring (bicyclic) bond motifs is 1. The number of benzene rings is 2. The molecule has 0 bridgehead atoms. The Kier molecular flexibility index (Phi) is 5.53. The van der Waals surface area contributed by atoms with Gasteiger partial charge in [-0.3, -0.25) is 4.79 Å². The van der Waals surface area contributed by atoms with Gasteiger partial charge in [0.2, 0.25) is 0 Å². The molecule has 176 valence electrons. The first-order chi connectivity index (χ1) is 16.8. The van der Waals surface area contributed by atoms with Gasteiger partial charge >= 0.3 is 6.18 Å². The van der Waals surface area contributed by atoms with Crippen molar-refractivity contribution in [2.75, 3.05) is 5.32 Å². The lowest BCUT2D eigenvalue weighted by Gasteiger charge is -2.12. The zero-order valence-electron chi connectivity index (χ0n) is 18.1. The highest BCUT2D eigenvalue weighted by atomic mass is 19.4. The third kappa shape index (κ3) is 4.36. The van der Waals surface area contributed by atoms with E-state index in [1.807, 2.05) is 6.07 Å². The van der Waals surface area contributed by atoms with E-state index in [0.717, 1.165) is 29.0 Å². The quantitative estimate of drug-likeness (QED) is 0.393. The highest BCUT2D eigenvalue weighted by Crippen LogP contribution is 2.30. The number of alkyl halides is 3.